The Kier molecular flexibility index (Phi) is 10.4. The number of esters is 1. The summed E-state index contributed by atoms with van der Waals surface area (Å²) in [5.41, 5.74) is 1.13. The molecular weight excluding hydrogens is 471 g/mol. The average molecular weight is 503 g/mol. The maximum absolute atomic E-state index is 12.9. The number of rotatable bonds is 15. The van der Waals surface area contributed by atoms with Gasteiger partial charge in [-0.2, -0.15) is 0 Å². The number of carbonyl (C=O) groups is 3. The summed E-state index contributed by atoms with van der Waals surface area (Å²) < 4.78 is 23.4. The Morgan fingerprint density at radius 2 is 1.94 bits per heavy atom. The predicted molar refractivity (Wildman–Crippen MR) is 132 cm³/mol. The summed E-state index contributed by atoms with van der Waals surface area (Å²) in [4.78, 5) is 37.6. The molecule has 1 saturated heterocycles. The highest BCUT2D eigenvalue weighted by atomic mass is 32.2. The second-order valence-corrected chi connectivity index (χ2v) is 9.45. The van der Waals surface area contributed by atoms with Crippen molar-refractivity contribution in [3.8, 4) is 0 Å². The van der Waals surface area contributed by atoms with Crippen molar-refractivity contribution < 1.29 is 27.9 Å². The van der Waals surface area contributed by atoms with Crippen LogP contribution in [0.15, 0.2) is 53.5 Å². The van der Waals surface area contributed by atoms with Crippen molar-refractivity contribution >= 4 is 29.5 Å². The molecule has 0 radical (unpaired) electrons. The van der Waals surface area contributed by atoms with E-state index in [1.807, 2.05) is 12.1 Å². The number of amides is 2. The SMILES string of the molecule is C=CCOC(=O)c1ccc(CSC2CC(=O)N2CC(=O)NCCCCCCc2ccc(F)cc2)o1. The Hall–Kier alpha value is -3.07. The van der Waals surface area contributed by atoms with Gasteiger partial charge in [0.05, 0.1) is 17.5 Å². The number of unbranched alkanes of at least 4 members (excludes halogenated alkanes) is 3. The molecule has 1 aromatic heterocycles. The highest BCUT2D eigenvalue weighted by Gasteiger charge is 2.37. The molecule has 35 heavy (non-hydrogen) atoms. The monoisotopic (exact) mass is 502 g/mol. The zero-order chi connectivity index (χ0) is 25.0. The lowest BCUT2D eigenvalue weighted by molar-refractivity contribution is -0.145. The first kappa shape index (κ1) is 26.5. The van der Waals surface area contributed by atoms with Crippen LogP contribution in [0, 0.1) is 5.82 Å². The molecule has 0 bridgehead atoms. The number of thioether (sulfide) groups is 1. The third-order valence-electron chi connectivity index (χ3n) is 5.57. The number of ether oxygens (including phenoxy) is 1. The number of nitrogens with zero attached hydrogens (tertiary/aromatic N) is 1. The highest BCUT2D eigenvalue weighted by molar-refractivity contribution is 7.99. The molecular formula is C26H31FN2O5S. The molecule has 0 aliphatic carbocycles. The normalized spacial score (nSPS) is 14.9. The fraction of sp³-hybridized carbons (Fsp3) is 0.423. The van der Waals surface area contributed by atoms with Crippen LogP contribution < -0.4 is 5.32 Å². The Morgan fingerprint density at radius 1 is 1.17 bits per heavy atom. The fourth-order valence-electron chi connectivity index (χ4n) is 3.61. The van der Waals surface area contributed by atoms with E-state index in [0.717, 1.165) is 37.7 Å². The van der Waals surface area contributed by atoms with E-state index in [9.17, 15) is 18.8 Å². The van der Waals surface area contributed by atoms with Crippen LogP contribution in [0.5, 0.6) is 0 Å². The summed E-state index contributed by atoms with van der Waals surface area (Å²) in [5.74, 6) is 0.215. The van der Waals surface area contributed by atoms with Crippen LogP contribution in [0.2, 0.25) is 0 Å². The van der Waals surface area contributed by atoms with Gasteiger partial charge >= 0.3 is 5.97 Å². The van der Waals surface area contributed by atoms with Gasteiger partial charge in [-0.15, -0.1) is 11.8 Å². The summed E-state index contributed by atoms with van der Waals surface area (Å²) in [6.45, 7) is 4.22. The third kappa shape index (κ3) is 8.58. The molecule has 7 nitrogen and oxygen atoms in total. The van der Waals surface area contributed by atoms with Crippen LogP contribution in [0.25, 0.3) is 0 Å². The van der Waals surface area contributed by atoms with E-state index in [0.29, 0.717) is 24.5 Å². The molecule has 2 amide bonds. The standard InChI is InChI=1S/C26H31FN2O5S/c1-2-15-33-26(32)22-13-12-21(34-22)18-35-25-16-24(31)29(25)17-23(30)28-14-6-4-3-5-7-19-8-10-20(27)11-9-19/h2,8-13,25H,1,3-7,14-18H2,(H,28,30). The minimum Gasteiger partial charge on any atom is -0.456 e. The van der Waals surface area contributed by atoms with Gasteiger partial charge in [0.15, 0.2) is 0 Å². The summed E-state index contributed by atoms with van der Waals surface area (Å²) >= 11 is 1.49. The van der Waals surface area contributed by atoms with Crippen LogP contribution in [0.4, 0.5) is 4.39 Å². The molecule has 1 aliphatic rings. The largest absolute Gasteiger partial charge is 0.456 e. The van der Waals surface area contributed by atoms with Crippen molar-refractivity contribution in [1.29, 1.82) is 0 Å². The minimum absolute atomic E-state index is 0.0400. The topological polar surface area (TPSA) is 88.9 Å². The van der Waals surface area contributed by atoms with Gasteiger partial charge in [-0.1, -0.05) is 37.6 Å². The molecule has 2 heterocycles. The van der Waals surface area contributed by atoms with Gasteiger partial charge in [0.2, 0.25) is 17.6 Å². The quantitative estimate of drug-likeness (QED) is 0.167. The van der Waals surface area contributed by atoms with Crippen molar-refractivity contribution in [2.45, 2.75) is 49.7 Å². The molecule has 1 atom stereocenters. The summed E-state index contributed by atoms with van der Waals surface area (Å²) in [5, 5.41) is 2.79. The van der Waals surface area contributed by atoms with Gasteiger partial charge in [0.25, 0.3) is 0 Å². The van der Waals surface area contributed by atoms with Gasteiger partial charge in [-0.05, 0) is 49.1 Å². The van der Waals surface area contributed by atoms with Gasteiger partial charge < -0.3 is 19.4 Å². The first-order valence-electron chi connectivity index (χ1n) is 11.7. The number of nitrogens with one attached hydrogen (secondary N) is 1. The van der Waals surface area contributed by atoms with Crippen molar-refractivity contribution in [2.75, 3.05) is 19.7 Å². The number of carbonyl (C=O) groups excluding carboxylic acids is 3. The van der Waals surface area contributed by atoms with Crippen LogP contribution in [0.3, 0.4) is 0 Å². The van der Waals surface area contributed by atoms with Crippen molar-refractivity contribution in [1.82, 2.24) is 10.2 Å². The number of likely N-dealkylation sites (tertiary alicyclic amines) is 1. The van der Waals surface area contributed by atoms with E-state index < -0.39 is 5.97 Å². The molecule has 1 unspecified atom stereocenters. The number of β-lactam (4-membered cyclic amide) rings is 1. The Morgan fingerprint density at radius 3 is 2.69 bits per heavy atom. The van der Waals surface area contributed by atoms with Gasteiger partial charge in [0, 0.05) is 6.54 Å². The number of hydrogen-bond acceptors (Lipinski definition) is 6. The molecule has 188 valence electrons. The van der Waals surface area contributed by atoms with Crippen molar-refractivity contribution in [2.24, 2.45) is 0 Å². The summed E-state index contributed by atoms with van der Waals surface area (Å²) in [6.07, 6.45) is 6.70. The highest BCUT2D eigenvalue weighted by Crippen LogP contribution is 2.32. The zero-order valence-electron chi connectivity index (χ0n) is 19.7. The van der Waals surface area contributed by atoms with Crippen LogP contribution in [0.1, 0.15) is 54.0 Å². The average Bonchev–Trinajstić information content (AvgIpc) is 3.33. The molecule has 2 aromatic rings. The van der Waals surface area contributed by atoms with Crippen LogP contribution in [-0.4, -0.2) is 47.8 Å². The first-order chi connectivity index (χ1) is 17.0. The molecule has 0 spiro atoms. The molecule has 1 aromatic carbocycles. The fourth-order valence-corrected chi connectivity index (χ4v) is 4.75. The molecule has 1 N–H and O–H groups in total. The maximum Gasteiger partial charge on any atom is 0.374 e. The Balaban J connectivity index is 1.27. The predicted octanol–water partition coefficient (Wildman–Crippen LogP) is 4.47. The smallest absolute Gasteiger partial charge is 0.374 e. The molecule has 1 fully saturated rings. The zero-order valence-corrected chi connectivity index (χ0v) is 20.5. The van der Waals surface area contributed by atoms with Gasteiger partial charge in [0.1, 0.15) is 24.7 Å². The van der Waals surface area contributed by atoms with Crippen molar-refractivity contribution in [3.05, 3.63) is 72.0 Å². The molecule has 3 rings (SSSR count). The summed E-state index contributed by atoms with van der Waals surface area (Å²) in [6, 6.07) is 9.84. The van der Waals surface area contributed by atoms with E-state index in [1.54, 1.807) is 17.0 Å². The van der Waals surface area contributed by atoms with E-state index >= 15 is 0 Å². The van der Waals surface area contributed by atoms with E-state index in [1.165, 1.54) is 30.0 Å². The lowest BCUT2D eigenvalue weighted by Gasteiger charge is -2.39. The van der Waals surface area contributed by atoms with Crippen LogP contribution in [-0.2, 0) is 26.5 Å². The maximum atomic E-state index is 12.9. The van der Waals surface area contributed by atoms with Gasteiger partial charge in [-0.3, -0.25) is 9.59 Å². The minimum atomic E-state index is -0.550. The lowest BCUT2D eigenvalue weighted by atomic mass is 10.1. The second kappa shape index (κ2) is 13.7. The Bertz CT molecular complexity index is 1010. The number of benzene rings is 1. The number of halogens is 1. The third-order valence-corrected chi connectivity index (χ3v) is 6.83. The second-order valence-electron chi connectivity index (χ2n) is 8.29. The number of furan rings is 1. The Labute approximate surface area is 209 Å². The van der Waals surface area contributed by atoms with Crippen molar-refractivity contribution in [3.63, 3.8) is 0 Å². The molecule has 9 heteroatoms. The van der Waals surface area contributed by atoms with E-state index in [2.05, 4.69) is 11.9 Å². The van der Waals surface area contributed by atoms with Gasteiger partial charge in [-0.25, -0.2) is 9.18 Å². The molecule has 1 aliphatic heterocycles. The van der Waals surface area contributed by atoms with Crippen LogP contribution >= 0.6 is 11.8 Å². The number of aryl methyl sites for hydroxylation is 1. The molecule has 0 saturated carbocycles. The van der Waals surface area contributed by atoms with E-state index in [4.69, 9.17) is 9.15 Å². The summed E-state index contributed by atoms with van der Waals surface area (Å²) in [7, 11) is 0. The first-order valence-corrected chi connectivity index (χ1v) is 12.8. The van der Waals surface area contributed by atoms with E-state index in [-0.39, 0.29) is 41.9 Å². The lowest BCUT2D eigenvalue weighted by Crippen LogP contribution is -2.54. The number of hydrogen-bond donors (Lipinski definition) is 1.